The highest BCUT2D eigenvalue weighted by molar-refractivity contribution is 8.00. The molecule has 0 aromatic heterocycles. The first-order chi connectivity index (χ1) is 19.4. The molecule has 0 spiro atoms. The van der Waals surface area contributed by atoms with Gasteiger partial charge in [-0.1, -0.05) is 54.6 Å². The fourth-order valence-corrected chi connectivity index (χ4v) is 4.46. The van der Waals surface area contributed by atoms with Gasteiger partial charge in [0.05, 0.1) is 12.9 Å². The average molecular weight is 552 g/mol. The Kier molecular flexibility index (Phi) is 9.74. The number of carbonyl (C=O) groups is 3. The molecule has 3 amide bonds. The largest absolute Gasteiger partial charge is 0.496 e. The van der Waals surface area contributed by atoms with Gasteiger partial charge >= 0.3 is 0 Å². The Morgan fingerprint density at radius 2 is 1.48 bits per heavy atom. The maximum absolute atomic E-state index is 13.3. The molecule has 0 heterocycles. The van der Waals surface area contributed by atoms with Crippen LogP contribution in [-0.4, -0.2) is 30.6 Å². The molecule has 0 aliphatic carbocycles. The molecule has 4 rings (SSSR count). The molecule has 0 fully saturated rings. The number of hydrogen-bond acceptors (Lipinski definition) is 5. The first-order valence-corrected chi connectivity index (χ1v) is 13.5. The van der Waals surface area contributed by atoms with Crippen LogP contribution in [0, 0.1) is 6.92 Å². The van der Waals surface area contributed by atoms with Crippen LogP contribution >= 0.6 is 11.8 Å². The molecule has 4 aromatic carbocycles. The Labute approximate surface area is 237 Å². The molecule has 7 nitrogen and oxygen atoms in total. The van der Waals surface area contributed by atoms with Gasteiger partial charge in [0.25, 0.3) is 11.8 Å². The molecule has 0 saturated carbocycles. The van der Waals surface area contributed by atoms with Crippen molar-refractivity contribution in [3.8, 4) is 5.75 Å². The summed E-state index contributed by atoms with van der Waals surface area (Å²) in [5.41, 5.74) is 3.46. The van der Waals surface area contributed by atoms with Crippen LogP contribution in [0.1, 0.15) is 21.5 Å². The van der Waals surface area contributed by atoms with Gasteiger partial charge in [0.1, 0.15) is 11.4 Å². The van der Waals surface area contributed by atoms with Crippen LogP contribution in [0.25, 0.3) is 6.08 Å². The lowest BCUT2D eigenvalue weighted by Gasteiger charge is -2.13. The van der Waals surface area contributed by atoms with E-state index in [2.05, 4.69) is 16.0 Å². The molecule has 8 heteroatoms. The zero-order chi connectivity index (χ0) is 28.3. The average Bonchev–Trinajstić information content (AvgIpc) is 2.98. The highest BCUT2D eigenvalue weighted by Crippen LogP contribution is 2.23. The molecule has 0 saturated heterocycles. The molecule has 0 aliphatic rings. The number of amides is 3. The Balaban J connectivity index is 1.43. The monoisotopic (exact) mass is 551 g/mol. The zero-order valence-corrected chi connectivity index (χ0v) is 23.0. The van der Waals surface area contributed by atoms with E-state index in [-0.39, 0.29) is 17.4 Å². The second-order valence-electron chi connectivity index (χ2n) is 8.75. The summed E-state index contributed by atoms with van der Waals surface area (Å²) in [7, 11) is 1.54. The van der Waals surface area contributed by atoms with E-state index in [9.17, 15) is 14.4 Å². The van der Waals surface area contributed by atoms with Gasteiger partial charge < -0.3 is 20.7 Å². The SMILES string of the molecule is COc1ccccc1/C=C(\NC(=O)c1ccccc1)C(=O)Nc1ccc(SCC(=O)Nc2ccccc2C)cc1. The number of nitrogens with one attached hydrogen (secondary N) is 3. The van der Waals surface area contributed by atoms with Crippen molar-refractivity contribution in [1.29, 1.82) is 0 Å². The molecule has 3 N–H and O–H groups in total. The minimum atomic E-state index is -0.492. The zero-order valence-electron chi connectivity index (χ0n) is 22.1. The smallest absolute Gasteiger partial charge is 0.272 e. The van der Waals surface area contributed by atoms with Gasteiger partial charge in [-0.05, 0) is 67.1 Å². The maximum Gasteiger partial charge on any atom is 0.272 e. The van der Waals surface area contributed by atoms with Crippen molar-refractivity contribution in [2.45, 2.75) is 11.8 Å². The fourth-order valence-electron chi connectivity index (χ4n) is 3.76. The van der Waals surface area contributed by atoms with Crippen molar-refractivity contribution >= 4 is 46.9 Å². The lowest BCUT2D eigenvalue weighted by atomic mass is 10.1. The van der Waals surface area contributed by atoms with E-state index >= 15 is 0 Å². The predicted molar refractivity (Wildman–Crippen MR) is 160 cm³/mol. The van der Waals surface area contributed by atoms with Crippen molar-refractivity contribution in [3.05, 3.63) is 126 Å². The third-order valence-corrected chi connectivity index (χ3v) is 6.88. The predicted octanol–water partition coefficient (Wildman–Crippen LogP) is 6.14. The van der Waals surface area contributed by atoms with Crippen LogP contribution < -0.4 is 20.7 Å². The first kappa shape index (κ1) is 28.2. The van der Waals surface area contributed by atoms with Gasteiger partial charge in [0.15, 0.2) is 0 Å². The van der Waals surface area contributed by atoms with Crippen molar-refractivity contribution in [1.82, 2.24) is 5.32 Å². The minimum Gasteiger partial charge on any atom is -0.496 e. The van der Waals surface area contributed by atoms with Crippen LogP contribution in [0.2, 0.25) is 0 Å². The van der Waals surface area contributed by atoms with Crippen molar-refractivity contribution < 1.29 is 19.1 Å². The Morgan fingerprint density at radius 1 is 0.800 bits per heavy atom. The molecule has 4 aromatic rings. The van der Waals surface area contributed by atoms with E-state index in [4.69, 9.17) is 4.74 Å². The number of aryl methyl sites for hydroxylation is 1. The molecule has 202 valence electrons. The van der Waals surface area contributed by atoms with Crippen LogP contribution in [0.5, 0.6) is 5.75 Å². The van der Waals surface area contributed by atoms with Gasteiger partial charge in [0, 0.05) is 27.4 Å². The number of anilines is 2. The van der Waals surface area contributed by atoms with Gasteiger partial charge in [-0.2, -0.15) is 0 Å². The number of methoxy groups -OCH3 is 1. The molecular formula is C32H29N3O4S. The Hall–Kier alpha value is -4.82. The number of carbonyl (C=O) groups excluding carboxylic acids is 3. The summed E-state index contributed by atoms with van der Waals surface area (Å²) in [6.07, 6.45) is 1.58. The third kappa shape index (κ3) is 7.85. The molecule has 0 aliphatic heterocycles. The van der Waals surface area contributed by atoms with E-state index in [1.807, 2.05) is 61.5 Å². The number of thioether (sulfide) groups is 1. The third-order valence-electron chi connectivity index (χ3n) is 5.87. The second kappa shape index (κ2) is 13.8. The number of rotatable bonds is 10. The standard InChI is InChI=1S/C32H29N3O4S/c1-22-10-6-8-14-27(22)34-30(36)21-40-26-18-16-25(17-19-26)33-32(38)28(20-24-13-7-9-15-29(24)39-2)35-31(37)23-11-4-3-5-12-23/h3-20H,21H2,1-2H3,(H,33,38)(H,34,36)(H,35,37)/b28-20-. The molecule has 40 heavy (non-hydrogen) atoms. The lowest BCUT2D eigenvalue weighted by molar-refractivity contribution is -0.114. The summed E-state index contributed by atoms with van der Waals surface area (Å²) in [6, 6.07) is 30.7. The van der Waals surface area contributed by atoms with Gasteiger partial charge in [-0.3, -0.25) is 14.4 Å². The summed E-state index contributed by atoms with van der Waals surface area (Å²) in [5, 5.41) is 8.48. The maximum atomic E-state index is 13.3. The van der Waals surface area contributed by atoms with Gasteiger partial charge in [0.2, 0.25) is 5.91 Å². The van der Waals surface area contributed by atoms with E-state index in [1.165, 1.54) is 11.8 Å². The summed E-state index contributed by atoms with van der Waals surface area (Å²) in [6.45, 7) is 1.94. The fraction of sp³-hybridized carbons (Fsp3) is 0.0938. The lowest BCUT2D eigenvalue weighted by Crippen LogP contribution is -2.30. The highest BCUT2D eigenvalue weighted by atomic mass is 32.2. The summed E-state index contributed by atoms with van der Waals surface area (Å²) >= 11 is 1.39. The number of ether oxygens (including phenoxy) is 1. The van der Waals surface area contributed by atoms with Crippen LogP contribution in [0.15, 0.2) is 114 Å². The topological polar surface area (TPSA) is 96.5 Å². The Bertz CT molecular complexity index is 1520. The molecule has 0 unspecified atom stereocenters. The van der Waals surface area contributed by atoms with E-state index < -0.39 is 11.8 Å². The van der Waals surface area contributed by atoms with E-state index in [1.54, 1.807) is 61.7 Å². The van der Waals surface area contributed by atoms with Crippen LogP contribution in [0.4, 0.5) is 11.4 Å². The molecule has 0 atom stereocenters. The van der Waals surface area contributed by atoms with Crippen LogP contribution in [0.3, 0.4) is 0 Å². The van der Waals surface area contributed by atoms with Crippen LogP contribution in [-0.2, 0) is 9.59 Å². The Morgan fingerprint density at radius 3 is 2.20 bits per heavy atom. The van der Waals surface area contributed by atoms with E-state index in [0.717, 1.165) is 16.1 Å². The van der Waals surface area contributed by atoms with Crippen molar-refractivity contribution in [2.24, 2.45) is 0 Å². The molecule has 0 radical (unpaired) electrons. The molecular weight excluding hydrogens is 522 g/mol. The summed E-state index contributed by atoms with van der Waals surface area (Å²) in [4.78, 5) is 39.4. The summed E-state index contributed by atoms with van der Waals surface area (Å²) < 4.78 is 5.41. The highest BCUT2D eigenvalue weighted by Gasteiger charge is 2.16. The number of hydrogen-bond donors (Lipinski definition) is 3. The van der Waals surface area contributed by atoms with Gasteiger partial charge in [-0.25, -0.2) is 0 Å². The minimum absolute atomic E-state index is 0.0599. The van der Waals surface area contributed by atoms with Crippen molar-refractivity contribution in [2.75, 3.05) is 23.5 Å². The number of benzene rings is 4. The van der Waals surface area contributed by atoms with Gasteiger partial charge in [-0.15, -0.1) is 11.8 Å². The van der Waals surface area contributed by atoms with E-state index in [0.29, 0.717) is 22.6 Å². The first-order valence-electron chi connectivity index (χ1n) is 12.5. The molecule has 0 bridgehead atoms. The normalized spacial score (nSPS) is 10.9. The quantitative estimate of drug-likeness (QED) is 0.162. The summed E-state index contributed by atoms with van der Waals surface area (Å²) in [5.74, 6) is -0.190. The number of para-hydroxylation sites is 2. The van der Waals surface area contributed by atoms with Crippen molar-refractivity contribution in [3.63, 3.8) is 0 Å². The second-order valence-corrected chi connectivity index (χ2v) is 9.80.